The van der Waals surface area contributed by atoms with Gasteiger partial charge in [-0.2, -0.15) is 0 Å². The first-order chi connectivity index (χ1) is 9.67. The van der Waals surface area contributed by atoms with Crippen molar-refractivity contribution in [1.29, 1.82) is 0 Å². The second kappa shape index (κ2) is 6.05. The molecule has 2 saturated carbocycles. The highest BCUT2D eigenvalue weighted by molar-refractivity contribution is 5.82. The number of nitrogens with one attached hydrogen (secondary N) is 2. The van der Waals surface area contributed by atoms with Crippen LogP contribution in [0.1, 0.15) is 58.8 Å². The van der Waals surface area contributed by atoms with E-state index in [1.165, 1.54) is 38.5 Å². The molecule has 2 aliphatic carbocycles. The van der Waals surface area contributed by atoms with Crippen LogP contribution in [0.3, 0.4) is 0 Å². The van der Waals surface area contributed by atoms with Crippen molar-refractivity contribution >= 4 is 5.91 Å². The molecule has 0 spiro atoms. The summed E-state index contributed by atoms with van der Waals surface area (Å²) in [6.45, 7) is 5.46. The van der Waals surface area contributed by atoms with Gasteiger partial charge >= 0.3 is 0 Å². The van der Waals surface area contributed by atoms with Gasteiger partial charge in [0.1, 0.15) is 0 Å². The van der Waals surface area contributed by atoms with E-state index in [9.17, 15) is 4.79 Å². The number of amides is 1. The summed E-state index contributed by atoms with van der Waals surface area (Å²) in [6.07, 6.45) is 9.05. The van der Waals surface area contributed by atoms with Crippen LogP contribution < -0.4 is 10.6 Å². The molecule has 1 aliphatic heterocycles. The maximum atomic E-state index is 12.5. The topological polar surface area (TPSA) is 41.1 Å². The normalized spacial score (nSPS) is 41.6. The SMILES string of the molecule is CCC1CCNC(C(=O)NC(C)C2CC3CCC2C3)C1. The van der Waals surface area contributed by atoms with Crippen molar-refractivity contribution in [3.63, 3.8) is 0 Å². The van der Waals surface area contributed by atoms with Gasteiger partial charge in [0, 0.05) is 6.04 Å². The minimum atomic E-state index is 0.0507. The van der Waals surface area contributed by atoms with Crippen LogP contribution in [0.5, 0.6) is 0 Å². The third-order valence-electron chi connectivity index (χ3n) is 6.21. The van der Waals surface area contributed by atoms with Gasteiger partial charge in [0.25, 0.3) is 0 Å². The third-order valence-corrected chi connectivity index (χ3v) is 6.21. The van der Waals surface area contributed by atoms with Crippen molar-refractivity contribution in [2.45, 2.75) is 70.9 Å². The molecule has 114 valence electrons. The molecule has 3 nitrogen and oxygen atoms in total. The lowest BCUT2D eigenvalue weighted by atomic mass is 9.83. The number of hydrogen-bond acceptors (Lipinski definition) is 2. The molecule has 6 atom stereocenters. The Morgan fingerprint density at radius 1 is 1.25 bits per heavy atom. The fraction of sp³-hybridized carbons (Fsp3) is 0.941. The fourth-order valence-corrected chi connectivity index (χ4v) is 4.91. The molecular formula is C17H30N2O. The molecule has 1 heterocycles. The molecule has 0 aromatic heterocycles. The molecule has 0 aromatic rings. The first kappa shape index (κ1) is 14.4. The van der Waals surface area contributed by atoms with Gasteiger partial charge in [0.2, 0.25) is 5.91 Å². The van der Waals surface area contributed by atoms with E-state index in [1.54, 1.807) is 0 Å². The van der Waals surface area contributed by atoms with Crippen molar-refractivity contribution in [2.24, 2.45) is 23.7 Å². The molecule has 3 rings (SSSR count). The predicted molar refractivity (Wildman–Crippen MR) is 81.3 cm³/mol. The summed E-state index contributed by atoms with van der Waals surface area (Å²) in [4.78, 5) is 12.5. The Kier molecular flexibility index (Phi) is 4.34. The maximum absolute atomic E-state index is 12.5. The van der Waals surface area contributed by atoms with Crippen LogP contribution in [0.2, 0.25) is 0 Å². The Hall–Kier alpha value is -0.570. The lowest BCUT2D eigenvalue weighted by Crippen LogP contribution is -2.52. The van der Waals surface area contributed by atoms with Crippen LogP contribution in [0.4, 0.5) is 0 Å². The number of rotatable bonds is 4. The minimum absolute atomic E-state index is 0.0507. The second-order valence-corrected chi connectivity index (χ2v) is 7.44. The van der Waals surface area contributed by atoms with Gasteiger partial charge in [0.15, 0.2) is 0 Å². The lowest BCUT2D eigenvalue weighted by Gasteiger charge is -2.33. The van der Waals surface area contributed by atoms with E-state index in [2.05, 4.69) is 24.5 Å². The van der Waals surface area contributed by atoms with E-state index in [0.717, 1.165) is 36.6 Å². The first-order valence-corrected chi connectivity index (χ1v) is 8.71. The average molecular weight is 278 g/mol. The number of carbonyl (C=O) groups is 1. The largest absolute Gasteiger partial charge is 0.352 e. The molecule has 1 saturated heterocycles. The zero-order chi connectivity index (χ0) is 14.1. The van der Waals surface area contributed by atoms with Crippen LogP contribution in [0.25, 0.3) is 0 Å². The van der Waals surface area contributed by atoms with E-state index in [4.69, 9.17) is 0 Å². The quantitative estimate of drug-likeness (QED) is 0.830. The molecule has 2 N–H and O–H groups in total. The summed E-state index contributed by atoms with van der Waals surface area (Å²) in [6, 6.07) is 0.413. The van der Waals surface area contributed by atoms with Crippen molar-refractivity contribution in [3.05, 3.63) is 0 Å². The van der Waals surface area contributed by atoms with Crippen molar-refractivity contribution < 1.29 is 4.79 Å². The Morgan fingerprint density at radius 3 is 2.75 bits per heavy atom. The van der Waals surface area contributed by atoms with Crippen LogP contribution in [0.15, 0.2) is 0 Å². The zero-order valence-electron chi connectivity index (χ0n) is 13.0. The standard InChI is InChI=1S/C17H30N2O/c1-3-12-6-7-18-16(10-12)17(20)19-11(2)15-9-13-4-5-14(15)8-13/h11-16,18H,3-10H2,1-2H3,(H,19,20). The number of piperidine rings is 1. The Balaban J connectivity index is 1.50. The average Bonchev–Trinajstić information content (AvgIpc) is 3.10. The molecule has 3 aliphatic rings. The molecule has 0 aromatic carbocycles. The highest BCUT2D eigenvalue weighted by Gasteiger charge is 2.42. The van der Waals surface area contributed by atoms with Gasteiger partial charge in [0.05, 0.1) is 6.04 Å². The molecule has 6 unspecified atom stereocenters. The molecule has 2 bridgehead atoms. The second-order valence-electron chi connectivity index (χ2n) is 7.44. The molecular weight excluding hydrogens is 248 g/mol. The van der Waals surface area contributed by atoms with Crippen molar-refractivity contribution in [3.8, 4) is 0 Å². The van der Waals surface area contributed by atoms with Gasteiger partial charge in [-0.15, -0.1) is 0 Å². The van der Waals surface area contributed by atoms with Crippen LogP contribution >= 0.6 is 0 Å². The molecule has 1 amide bonds. The summed E-state index contributed by atoms with van der Waals surface area (Å²) in [7, 11) is 0. The lowest BCUT2D eigenvalue weighted by molar-refractivity contribution is -0.125. The number of hydrogen-bond donors (Lipinski definition) is 2. The van der Waals surface area contributed by atoms with Crippen LogP contribution in [-0.4, -0.2) is 24.5 Å². The van der Waals surface area contributed by atoms with E-state index in [-0.39, 0.29) is 11.9 Å². The first-order valence-electron chi connectivity index (χ1n) is 8.71. The molecule has 0 radical (unpaired) electrons. The summed E-state index contributed by atoms with van der Waals surface area (Å²) < 4.78 is 0. The summed E-state index contributed by atoms with van der Waals surface area (Å²) in [5, 5.41) is 6.72. The van der Waals surface area contributed by atoms with Crippen LogP contribution in [0, 0.1) is 23.7 Å². The monoisotopic (exact) mass is 278 g/mol. The van der Waals surface area contributed by atoms with Crippen LogP contribution in [-0.2, 0) is 4.79 Å². The number of carbonyl (C=O) groups excluding carboxylic acids is 1. The van der Waals surface area contributed by atoms with E-state index < -0.39 is 0 Å². The van der Waals surface area contributed by atoms with E-state index in [0.29, 0.717) is 6.04 Å². The Bertz CT molecular complexity index is 357. The van der Waals surface area contributed by atoms with E-state index >= 15 is 0 Å². The Labute approximate surface area is 123 Å². The smallest absolute Gasteiger partial charge is 0.237 e. The van der Waals surface area contributed by atoms with Gasteiger partial charge in [-0.1, -0.05) is 19.8 Å². The Morgan fingerprint density at radius 2 is 2.10 bits per heavy atom. The van der Waals surface area contributed by atoms with Gasteiger partial charge in [-0.25, -0.2) is 0 Å². The van der Waals surface area contributed by atoms with Gasteiger partial charge in [-0.05, 0) is 69.2 Å². The van der Waals surface area contributed by atoms with E-state index in [1.807, 2.05) is 0 Å². The highest BCUT2D eigenvalue weighted by atomic mass is 16.2. The summed E-state index contributed by atoms with van der Waals surface area (Å²) >= 11 is 0. The predicted octanol–water partition coefficient (Wildman–Crippen LogP) is 2.71. The summed E-state index contributed by atoms with van der Waals surface area (Å²) in [5.41, 5.74) is 0. The fourth-order valence-electron chi connectivity index (χ4n) is 4.91. The molecule has 3 heteroatoms. The van der Waals surface area contributed by atoms with Crippen molar-refractivity contribution in [1.82, 2.24) is 10.6 Å². The van der Waals surface area contributed by atoms with Gasteiger partial charge < -0.3 is 10.6 Å². The zero-order valence-corrected chi connectivity index (χ0v) is 13.0. The summed E-state index contributed by atoms with van der Waals surface area (Å²) in [5.74, 6) is 3.56. The molecule has 20 heavy (non-hydrogen) atoms. The van der Waals surface area contributed by atoms with Gasteiger partial charge in [-0.3, -0.25) is 4.79 Å². The highest BCUT2D eigenvalue weighted by Crippen LogP contribution is 2.49. The third kappa shape index (κ3) is 2.88. The maximum Gasteiger partial charge on any atom is 0.237 e. The minimum Gasteiger partial charge on any atom is -0.352 e. The van der Waals surface area contributed by atoms with Crippen molar-refractivity contribution in [2.75, 3.05) is 6.54 Å². The number of fused-ring (bicyclic) bond motifs is 2. The molecule has 3 fully saturated rings.